The Balaban J connectivity index is 2.24. The largest absolute Gasteiger partial charge is 0.310 e. The number of hydrogen-bond acceptors (Lipinski definition) is 3. The zero-order valence-corrected chi connectivity index (χ0v) is 10.8. The van der Waals surface area contributed by atoms with Crippen molar-refractivity contribution in [2.24, 2.45) is 0 Å². The van der Waals surface area contributed by atoms with Crippen LogP contribution in [0.3, 0.4) is 0 Å². The number of carbonyl (C=O) groups is 2. The summed E-state index contributed by atoms with van der Waals surface area (Å²) in [5.41, 5.74) is 0. The molecule has 0 saturated carbocycles. The van der Waals surface area contributed by atoms with E-state index < -0.39 is 0 Å². The maximum absolute atomic E-state index is 11.5. The number of rotatable bonds is 0. The molecule has 0 atom stereocenters. The molecule has 17 heavy (non-hydrogen) atoms. The highest BCUT2D eigenvalue weighted by molar-refractivity contribution is 5.80. The monoisotopic (exact) mass is 239 g/mol. The predicted octanol–water partition coefficient (Wildman–Crippen LogP) is 2.63. The van der Waals surface area contributed by atoms with Crippen LogP contribution in [0.15, 0.2) is 0 Å². The van der Waals surface area contributed by atoms with Crippen molar-refractivity contribution >= 4 is 11.6 Å². The van der Waals surface area contributed by atoms with Crippen LogP contribution in [-0.4, -0.2) is 24.7 Å². The van der Waals surface area contributed by atoms with Crippen molar-refractivity contribution in [3.8, 4) is 0 Å². The summed E-state index contributed by atoms with van der Waals surface area (Å²) < 4.78 is 0. The summed E-state index contributed by atoms with van der Waals surface area (Å²) in [6, 6.07) is 0. The Kier molecular flexibility index (Phi) is 7.89. The molecule has 0 amide bonds. The molecule has 0 aromatic heterocycles. The van der Waals surface area contributed by atoms with Crippen molar-refractivity contribution in [2.75, 3.05) is 13.1 Å². The van der Waals surface area contributed by atoms with Crippen molar-refractivity contribution in [1.82, 2.24) is 5.32 Å². The Morgan fingerprint density at radius 3 is 1.94 bits per heavy atom. The lowest BCUT2D eigenvalue weighted by atomic mass is 10.0. The normalized spacial score (nSPS) is 22.8. The van der Waals surface area contributed by atoms with Crippen LogP contribution in [0.5, 0.6) is 0 Å². The highest BCUT2D eigenvalue weighted by atomic mass is 16.1. The molecular formula is C14H25NO2. The van der Waals surface area contributed by atoms with Gasteiger partial charge < -0.3 is 5.32 Å². The molecule has 0 aromatic rings. The molecule has 3 nitrogen and oxygen atoms in total. The van der Waals surface area contributed by atoms with E-state index in [1.807, 2.05) is 0 Å². The standard InChI is InChI=1S/C14H25NO2/c16-13-8-4-2-1-3-7-11-15-12-14(17)10-6-5-9-13/h15H,1-12H2. The molecule has 3 heteroatoms. The third-order valence-electron chi connectivity index (χ3n) is 3.29. The Labute approximate surface area is 104 Å². The van der Waals surface area contributed by atoms with E-state index >= 15 is 0 Å². The lowest BCUT2D eigenvalue weighted by Crippen LogP contribution is -2.23. The summed E-state index contributed by atoms with van der Waals surface area (Å²) in [7, 11) is 0. The first-order valence-corrected chi connectivity index (χ1v) is 7.03. The van der Waals surface area contributed by atoms with Gasteiger partial charge in [0.15, 0.2) is 0 Å². The third kappa shape index (κ3) is 8.08. The smallest absolute Gasteiger partial charge is 0.146 e. The number of nitrogens with one attached hydrogen (secondary N) is 1. The second-order valence-corrected chi connectivity index (χ2v) is 4.98. The number of Topliss-reactive ketones (excluding diaryl/α,β-unsaturated/α-hetero) is 2. The predicted molar refractivity (Wildman–Crippen MR) is 69.1 cm³/mol. The molecule has 0 radical (unpaired) electrons. The van der Waals surface area contributed by atoms with Gasteiger partial charge in [-0.2, -0.15) is 0 Å². The van der Waals surface area contributed by atoms with Gasteiger partial charge in [-0.1, -0.05) is 19.3 Å². The Hall–Kier alpha value is -0.700. The van der Waals surface area contributed by atoms with Crippen LogP contribution < -0.4 is 5.32 Å². The van der Waals surface area contributed by atoms with Crippen LogP contribution in [0.4, 0.5) is 0 Å². The van der Waals surface area contributed by atoms with Gasteiger partial charge in [-0.25, -0.2) is 0 Å². The van der Waals surface area contributed by atoms with Gasteiger partial charge in [-0.3, -0.25) is 9.59 Å². The maximum Gasteiger partial charge on any atom is 0.146 e. The van der Waals surface area contributed by atoms with Crippen molar-refractivity contribution in [3.63, 3.8) is 0 Å². The molecule has 1 heterocycles. The minimum absolute atomic E-state index is 0.285. The fraction of sp³-hybridized carbons (Fsp3) is 0.857. The minimum atomic E-state index is 0.285. The molecule has 0 spiro atoms. The van der Waals surface area contributed by atoms with Crippen molar-refractivity contribution in [1.29, 1.82) is 0 Å². The first kappa shape index (κ1) is 14.4. The quantitative estimate of drug-likeness (QED) is 0.707. The third-order valence-corrected chi connectivity index (χ3v) is 3.29. The summed E-state index contributed by atoms with van der Waals surface area (Å²) in [6.07, 6.45) is 9.55. The fourth-order valence-corrected chi connectivity index (χ4v) is 2.19. The topological polar surface area (TPSA) is 46.2 Å². The van der Waals surface area contributed by atoms with E-state index in [4.69, 9.17) is 0 Å². The minimum Gasteiger partial charge on any atom is -0.310 e. The molecule has 1 N–H and O–H groups in total. The summed E-state index contributed by atoms with van der Waals surface area (Å²) in [6.45, 7) is 1.46. The molecule has 1 aliphatic rings. The number of hydrogen-bond donors (Lipinski definition) is 1. The first-order chi connectivity index (χ1) is 8.29. The maximum atomic E-state index is 11.5. The van der Waals surface area contributed by atoms with E-state index in [9.17, 15) is 9.59 Å². The zero-order valence-electron chi connectivity index (χ0n) is 10.8. The number of ketones is 2. The fourth-order valence-electron chi connectivity index (χ4n) is 2.19. The van der Waals surface area contributed by atoms with Gasteiger partial charge in [0.25, 0.3) is 0 Å². The van der Waals surface area contributed by atoms with Crippen LogP contribution in [-0.2, 0) is 9.59 Å². The van der Waals surface area contributed by atoms with Crippen molar-refractivity contribution in [2.45, 2.75) is 64.2 Å². The van der Waals surface area contributed by atoms with Crippen molar-refractivity contribution < 1.29 is 9.59 Å². The Bertz CT molecular complexity index is 214. The van der Waals surface area contributed by atoms with E-state index in [1.54, 1.807) is 0 Å². The highest BCUT2D eigenvalue weighted by Gasteiger charge is 2.05. The van der Waals surface area contributed by atoms with E-state index in [2.05, 4.69) is 5.32 Å². The van der Waals surface area contributed by atoms with E-state index in [0.29, 0.717) is 25.2 Å². The van der Waals surface area contributed by atoms with Gasteiger partial charge in [-0.15, -0.1) is 0 Å². The van der Waals surface area contributed by atoms with Gasteiger partial charge >= 0.3 is 0 Å². The van der Waals surface area contributed by atoms with E-state index in [0.717, 1.165) is 38.6 Å². The molecule has 1 rings (SSSR count). The van der Waals surface area contributed by atoms with Gasteiger partial charge in [0, 0.05) is 19.3 Å². The average Bonchev–Trinajstić information content (AvgIpc) is 2.32. The Morgan fingerprint density at radius 1 is 0.647 bits per heavy atom. The SMILES string of the molecule is O=C1CCCCCCCNCC(=O)CCCC1. The average molecular weight is 239 g/mol. The van der Waals surface area contributed by atoms with Crippen molar-refractivity contribution in [3.05, 3.63) is 0 Å². The Morgan fingerprint density at radius 2 is 1.18 bits per heavy atom. The first-order valence-electron chi connectivity index (χ1n) is 7.03. The molecule has 0 aromatic carbocycles. The second kappa shape index (κ2) is 9.34. The molecule has 1 fully saturated rings. The molecule has 0 unspecified atom stereocenters. The van der Waals surface area contributed by atoms with Gasteiger partial charge in [0.05, 0.1) is 6.54 Å². The van der Waals surface area contributed by atoms with E-state index in [1.165, 1.54) is 19.3 Å². The van der Waals surface area contributed by atoms with Crippen LogP contribution in [0.2, 0.25) is 0 Å². The zero-order chi connectivity index (χ0) is 12.3. The van der Waals surface area contributed by atoms with Crippen LogP contribution in [0.25, 0.3) is 0 Å². The van der Waals surface area contributed by atoms with Gasteiger partial charge in [-0.05, 0) is 32.2 Å². The van der Waals surface area contributed by atoms with Gasteiger partial charge in [0.2, 0.25) is 0 Å². The van der Waals surface area contributed by atoms with Crippen LogP contribution in [0, 0.1) is 0 Å². The summed E-state index contributed by atoms with van der Waals surface area (Å²) in [5.74, 6) is 0.665. The molecule has 0 bridgehead atoms. The lowest BCUT2D eigenvalue weighted by Gasteiger charge is -2.03. The highest BCUT2D eigenvalue weighted by Crippen LogP contribution is 2.09. The van der Waals surface area contributed by atoms with Crippen LogP contribution in [0.1, 0.15) is 64.2 Å². The van der Waals surface area contributed by atoms with Crippen LogP contribution >= 0.6 is 0 Å². The second-order valence-electron chi connectivity index (χ2n) is 4.98. The van der Waals surface area contributed by atoms with Gasteiger partial charge in [0.1, 0.15) is 11.6 Å². The summed E-state index contributed by atoms with van der Waals surface area (Å²) >= 11 is 0. The summed E-state index contributed by atoms with van der Waals surface area (Å²) in [4.78, 5) is 23.0. The molecule has 0 aliphatic carbocycles. The van der Waals surface area contributed by atoms with E-state index in [-0.39, 0.29) is 5.78 Å². The molecular weight excluding hydrogens is 214 g/mol. The molecule has 1 saturated heterocycles. The molecule has 1 aliphatic heterocycles. The lowest BCUT2D eigenvalue weighted by molar-refractivity contribution is -0.120. The summed E-state index contributed by atoms with van der Waals surface area (Å²) in [5, 5.41) is 3.20. The number of carbonyl (C=O) groups excluding carboxylic acids is 2. The molecule has 98 valence electrons.